The molecule has 3 rings (SSSR count). The van der Waals surface area contributed by atoms with E-state index in [4.69, 9.17) is 32.7 Å². The van der Waals surface area contributed by atoms with Crippen LogP contribution >= 0.6 is 23.2 Å². The Morgan fingerprint density at radius 1 is 1.14 bits per heavy atom. The molecule has 10 heteroatoms. The molecule has 29 heavy (non-hydrogen) atoms. The van der Waals surface area contributed by atoms with Crippen LogP contribution < -0.4 is 19.1 Å². The Hall–Kier alpha value is -2.16. The van der Waals surface area contributed by atoms with Crippen LogP contribution in [0.25, 0.3) is 0 Å². The monoisotopic (exact) mass is 458 g/mol. The van der Waals surface area contributed by atoms with Crippen molar-refractivity contribution in [2.45, 2.75) is 13.0 Å². The number of hydrogen-bond acceptors (Lipinski definition) is 5. The maximum absolute atomic E-state index is 12.6. The maximum atomic E-state index is 12.6. The predicted octanol–water partition coefficient (Wildman–Crippen LogP) is 3.41. The van der Waals surface area contributed by atoms with Gasteiger partial charge in [0.05, 0.1) is 23.0 Å². The molecule has 1 atom stereocenters. The van der Waals surface area contributed by atoms with Gasteiger partial charge >= 0.3 is 0 Å². The molecule has 0 radical (unpaired) electrons. The summed E-state index contributed by atoms with van der Waals surface area (Å²) in [4.78, 5) is 12.6. The fraction of sp³-hybridized carbons (Fsp3) is 0.316. The quantitative estimate of drug-likeness (QED) is 0.716. The van der Waals surface area contributed by atoms with Crippen LogP contribution in [-0.2, 0) is 14.8 Å². The molecular formula is C19H20Cl2N2O5S. The summed E-state index contributed by atoms with van der Waals surface area (Å²) >= 11 is 12.0. The van der Waals surface area contributed by atoms with E-state index in [9.17, 15) is 13.2 Å². The van der Waals surface area contributed by atoms with Gasteiger partial charge in [-0.2, -0.15) is 0 Å². The smallest absolute Gasteiger partial charge is 0.241 e. The molecule has 0 spiro atoms. The molecule has 1 amide bonds. The van der Waals surface area contributed by atoms with Crippen molar-refractivity contribution in [2.75, 3.05) is 30.3 Å². The largest absolute Gasteiger partial charge is 0.486 e. The first kappa shape index (κ1) is 21.5. The van der Waals surface area contributed by atoms with E-state index in [2.05, 4.69) is 5.32 Å². The Morgan fingerprint density at radius 2 is 1.83 bits per heavy atom. The van der Waals surface area contributed by atoms with Gasteiger partial charge in [0.2, 0.25) is 15.9 Å². The maximum Gasteiger partial charge on any atom is 0.241 e. The van der Waals surface area contributed by atoms with Crippen LogP contribution in [0.5, 0.6) is 11.5 Å². The molecule has 1 heterocycles. The molecule has 0 saturated heterocycles. The first-order chi connectivity index (χ1) is 13.6. The molecule has 2 aromatic carbocycles. The zero-order valence-corrected chi connectivity index (χ0v) is 18.1. The third-order valence-electron chi connectivity index (χ3n) is 4.31. The molecule has 0 aliphatic carbocycles. The van der Waals surface area contributed by atoms with E-state index in [-0.39, 0.29) is 16.8 Å². The number of carbonyl (C=O) groups is 1. The molecule has 156 valence electrons. The average Bonchev–Trinajstić information content (AvgIpc) is 2.65. The number of nitrogens with zero attached hydrogens (tertiary/aromatic N) is 1. The zero-order chi connectivity index (χ0) is 21.2. The summed E-state index contributed by atoms with van der Waals surface area (Å²) < 4.78 is 36.5. The lowest BCUT2D eigenvalue weighted by Crippen LogP contribution is -2.41. The second-order valence-corrected chi connectivity index (χ2v) is 9.31. The van der Waals surface area contributed by atoms with Crippen molar-refractivity contribution in [3.63, 3.8) is 0 Å². The van der Waals surface area contributed by atoms with Gasteiger partial charge in [0, 0.05) is 5.02 Å². The van der Waals surface area contributed by atoms with E-state index >= 15 is 0 Å². The summed E-state index contributed by atoms with van der Waals surface area (Å²) in [7, 11) is -3.75. The summed E-state index contributed by atoms with van der Waals surface area (Å²) in [5.41, 5.74) is 0.985. The molecule has 0 aromatic heterocycles. The first-order valence-electron chi connectivity index (χ1n) is 8.77. The second kappa shape index (κ2) is 8.69. The minimum atomic E-state index is -3.75. The van der Waals surface area contributed by atoms with Crippen LogP contribution in [0, 0.1) is 0 Å². The van der Waals surface area contributed by atoms with Gasteiger partial charge in [0.15, 0.2) is 11.5 Å². The zero-order valence-electron chi connectivity index (χ0n) is 15.8. The Kier molecular flexibility index (Phi) is 6.45. The summed E-state index contributed by atoms with van der Waals surface area (Å²) in [5.74, 6) is 0.781. The number of rotatable bonds is 6. The minimum absolute atomic E-state index is 0.135. The van der Waals surface area contributed by atoms with Crippen LogP contribution in [0.2, 0.25) is 10.0 Å². The number of nitrogens with one attached hydrogen (secondary N) is 1. The van der Waals surface area contributed by atoms with Gasteiger partial charge in [-0.1, -0.05) is 29.3 Å². The van der Waals surface area contributed by atoms with Crippen molar-refractivity contribution in [3.8, 4) is 11.5 Å². The first-order valence-corrected chi connectivity index (χ1v) is 11.4. The van der Waals surface area contributed by atoms with Crippen molar-refractivity contribution >= 4 is 44.8 Å². The van der Waals surface area contributed by atoms with Crippen LogP contribution in [0.1, 0.15) is 18.5 Å². The highest BCUT2D eigenvalue weighted by molar-refractivity contribution is 7.92. The Morgan fingerprint density at radius 3 is 2.48 bits per heavy atom. The van der Waals surface area contributed by atoms with Gasteiger partial charge in [-0.3, -0.25) is 9.10 Å². The average molecular weight is 459 g/mol. The normalized spacial score (nSPS) is 14.2. The SMILES string of the molecule is C[C@@H](NC(=O)CN(c1ccc(Cl)cc1Cl)S(C)(=O)=O)c1ccc2c(c1)OCCO2. The van der Waals surface area contributed by atoms with E-state index in [1.807, 2.05) is 6.07 Å². The summed E-state index contributed by atoms with van der Waals surface area (Å²) in [6.07, 6.45) is 1.01. The molecule has 0 unspecified atom stereocenters. The van der Waals surface area contributed by atoms with Gasteiger partial charge in [0.1, 0.15) is 19.8 Å². The van der Waals surface area contributed by atoms with E-state index in [1.54, 1.807) is 19.1 Å². The van der Waals surface area contributed by atoms with Crippen molar-refractivity contribution in [1.29, 1.82) is 0 Å². The third kappa shape index (κ3) is 5.26. The minimum Gasteiger partial charge on any atom is -0.486 e. The molecule has 7 nitrogen and oxygen atoms in total. The lowest BCUT2D eigenvalue weighted by atomic mass is 10.1. The number of amides is 1. The third-order valence-corrected chi connectivity index (χ3v) is 5.97. The number of carbonyl (C=O) groups excluding carboxylic acids is 1. The number of hydrogen-bond donors (Lipinski definition) is 1. The highest BCUT2D eigenvalue weighted by atomic mass is 35.5. The van der Waals surface area contributed by atoms with Crippen LogP contribution in [0.3, 0.4) is 0 Å². The Bertz CT molecular complexity index is 1030. The lowest BCUT2D eigenvalue weighted by Gasteiger charge is -2.25. The number of halogens is 2. The summed E-state index contributed by atoms with van der Waals surface area (Å²) in [6.45, 7) is 2.33. The second-order valence-electron chi connectivity index (χ2n) is 6.56. The molecule has 1 aliphatic rings. The molecule has 0 bridgehead atoms. The Balaban J connectivity index is 1.75. The molecular weight excluding hydrogens is 439 g/mol. The topological polar surface area (TPSA) is 84.9 Å². The molecule has 1 N–H and O–H groups in total. The highest BCUT2D eigenvalue weighted by Gasteiger charge is 2.24. The fourth-order valence-electron chi connectivity index (χ4n) is 2.89. The van der Waals surface area contributed by atoms with Crippen molar-refractivity contribution < 1.29 is 22.7 Å². The standard InChI is InChI=1S/C19H20Cl2N2O5S/c1-12(13-3-6-17-18(9-13)28-8-7-27-17)22-19(24)11-23(29(2,25)26)16-5-4-14(20)10-15(16)21/h3-6,9-10,12H,7-8,11H2,1-2H3,(H,22,24)/t12-/m1/s1. The molecule has 0 saturated carbocycles. The lowest BCUT2D eigenvalue weighted by molar-refractivity contribution is -0.120. The molecule has 0 fully saturated rings. The van der Waals surface area contributed by atoms with E-state index in [0.717, 1.165) is 16.1 Å². The number of benzene rings is 2. The van der Waals surface area contributed by atoms with Crippen LogP contribution in [0.15, 0.2) is 36.4 Å². The Labute approximate surface area is 179 Å². The van der Waals surface area contributed by atoms with Gasteiger partial charge in [-0.05, 0) is 42.8 Å². The van der Waals surface area contributed by atoms with Gasteiger partial charge in [-0.25, -0.2) is 8.42 Å². The van der Waals surface area contributed by atoms with Crippen molar-refractivity contribution in [3.05, 3.63) is 52.0 Å². The van der Waals surface area contributed by atoms with Crippen molar-refractivity contribution in [1.82, 2.24) is 5.32 Å². The van der Waals surface area contributed by atoms with Gasteiger partial charge in [-0.15, -0.1) is 0 Å². The summed E-state index contributed by atoms with van der Waals surface area (Å²) in [5, 5.41) is 3.30. The number of fused-ring (bicyclic) bond motifs is 1. The van der Waals surface area contributed by atoms with Crippen molar-refractivity contribution in [2.24, 2.45) is 0 Å². The van der Waals surface area contributed by atoms with E-state index < -0.39 is 22.5 Å². The summed E-state index contributed by atoms with van der Waals surface area (Å²) in [6, 6.07) is 9.42. The highest BCUT2D eigenvalue weighted by Crippen LogP contribution is 2.33. The fourth-order valence-corrected chi connectivity index (χ4v) is 4.32. The van der Waals surface area contributed by atoms with Crippen LogP contribution in [0.4, 0.5) is 5.69 Å². The molecule has 2 aromatic rings. The van der Waals surface area contributed by atoms with Crippen LogP contribution in [-0.4, -0.2) is 40.3 Å². The number of sulfonamides is 1. The number of anilines is 1. The van der Waals surface area contributed by atoms with E-state index in [1.165, 1.54) is 18.2 Å². The predicted molar refractivity (Wildman–Crippen MR) is 113 cm³/mol. The van der Waals surface area contributed by atoms with Gasteiger partial charge < -0.3 is 14.8 Å². The van der Waals surface area contributed by atoms with Gasteiger partial charge in [0.25, 0.3) is 0 Å². The number of ether oxygens (including phenoxy) is 2. The van der Waals surface area contributed by atoms with E-state index in [0.29, 0.717) is 29.7 Å². The molecule has 1 aliphatic heterocycles.